The van der Waals surface area contributed by atoms with Crippen molar-refractivity contribution in [1.82, 2.24) is 0 Å². The van der Waals surface area contributed by atoms with E-state index in [1.165, 1.54) is 50.7 Å². The fourth-order valence-corrected chi connectivity index (χ4v) is 8.94. The van der Waals surface area contributed by atoms with E-state index in [2.05, 4.69) is 52.2 Å². The van der Waals surface area contributed by atoms with Crippen molar-refractivity contribution in [3.05, 3.63) is 35.6 Å². The van der Waals surface area contributed by atoms with Gasteiger partial charge in [0.15, 0.2) is 8.32 Å². The smallest absolute Gasteiger partial charge is 0.183 e. The highest BCUT2D eigenvalue weighted by molar-refractivity contribution is 6.69. The van der Waals surface area contributed by atoms with Gasteiger partial charge in [0.25, 0.3) is 0 Å². The van der Waals surface area contributed by atoms with E-state index >= 15 is 0 Å². The van der Waals surface area contributed by atoms with Crippen LogP contribution in [-0.2, 0) is 9.16 Å². The molecular formula is C29H48O2Si. The third kappa shape index (κ3) is 4.71. The Morgan fingerprint density at radius 2 is 1.97 bits per heavy atom. The van der Waals surface area contributed by atoms with Gasteiger partial charge in [-0.25, -0.2) is 0 Å². The maximum absolute atomic E-state index is 6.12. The van der Waals surface area contributed by atoms with Crippen molar-refractivity contribution in [2.75, 3.05) is 13.2 Å². The lowest BCUT2D eigenvalue weighted by Gasteiger charge is -2.54. The van der Waals surface area contributed by atoms with Crippen molar-refractivity contribution >= 4 is 8.32 Å². The molecular weight excluding hydrogens is 409 g/mol. The summed E-state index contributed by atoms with van der Waals surface area (Å²) < 4.78 is 12.0. The normalized spacial score (nSPS) is 36.5. The molecule has 0 spiro atoms. The number of ether oxygens (including phenoxy) is 1. The van der Waals surface area contributed by atoms with Crippen molar-refractivity contribution in [3.8, 4) is 0 Å². The molecule has 180 valence electrons. The predicted octanol–water partition coefficient (Wildman–Crippen LogP) is 8.28. The minimum atomic E-state index is -1.40. The highest BCUT2D eigenvalue weighted by Gasteiger charge is 2.57. The third-order valence-electron chi connectivity index (χ3n) is 9.47. The number of allylic oxidation sites excluding steroid dienone is 5. The van der Waals surface area contributed by atoms with Crippen LogP contribution < -0.4 is 0 Å². The van der Waals surface area contributed by atoms with Gasteiger partial charge in [0.2, 0.25) is 0 Å². The summed E-state index contributed by atoms with van der Waals surface area (Å²) in [5.41, 5.74) is 3.66. The van der Waals surface area contributed by atoms with Crippen molar-refractivity contribution in [3.63, 3.8) is 0 Å². The molecule has 0 radical (unpaired) electrons. The van der Waals surface area contributed by atoms with Gasteiger partial charge in [-0.3, -0.25) is 0 Å². The minimum Gasteiger partial charge on any atom is -0.498 e. The van der Waals surface area contributed by atoms with E-state index in [9.17, 15) is 0 Å². The maximum Gasteiger partial charge on any atom is 0.183 e. The van der Waals surface area contributed by atoms with Crippen LogP contribution >= 0.6 is 0 Å². The van der Waals surface area contributed by atoms with E-state index in [1.54, 1.807) is 11.1 Å². The van der Waals surface area contributed by atoms with Gasteiger partial charge in [0.1, 0.15) is 0 Å². The molecule has 2 saturated carbocycles. The van der Waals surface area contributed by atoms with Crippen LogP contribution in [0, 0.1) is 35.0 Å². The van der Waals surface area contributed by atoms with Crippen LogP contribution in [0.15, 0.2) is 35.6 Å². The molecule has 0 unspecified atom stereocenters. The van der Waals surface area contributed by atoms with Gasteiger partial charge in [-0.15, -0.1) is 0 Å². The van der Waals surface area contributed by atoms with Crippen LogP contribution in [-0.4, -0.2) is 21.5 Å². The second-order valence-electron chi connectivity index (χ2n) is 12.0. The summed E-state index contributed by atoms with van der Waals surface area (Å²) in [6.45, 7) is 17.8. The Labute approximate surface area is 199 Å². The van der Waals surface area contributed by atoms with Crippen molar-refractivity contribution in [2.24, 2.45) is 35.0 Å². The molecule has 6 atom stereocenters. The molecule has 32 heavy (non-hydrogen) atoms. The van der Waals surface area contributed by atoms with Crippen molar-refractivity contribution < 1.29 is 9.16 Å². The average molecular weight is 458 g/mol. The molecule has 0 aromatic carbocycles. The minimum absolute atomic E-state index is 0.518. The van der Waals surface area contributed by atoms with Gasteiger partial charge in [-0.2, -0.15) is 0 Å². The molecule has 0 aromatic heterocycles. The van der Waals surface area contributed by atoms with Crippen LogP contribution in [0.1, 0.15) is 78.1 Å². The molecule has 0 amide bonds. The zero-order valence-corrected chi connectivity index (χ0v) is 22.6. The van der Waals surface area contributed by atoms with Crippen molar-refractivity contribution in [1.29, 1.82) is 0 Å². The number of fused-ring (bicyclic) bond motifs is 5. The number of hydrogen-bond donors (Lipinski definition) is 0. The summed E-state index contributed by atoms with van der Waals surface area (Å²) in [7, 11) is -1.40. The van der Waals surface area contributed by atoms with Crippen LogP contribution in [0.2, 0.25) is 19.6 Å². The van der Waals surface area contributed by atoms with Crippen molar-refractivity contribution in [2.45, 2.75) is 97.7 Å². The van der Waals surface area contributed by atoms with Gasteiger partial charge in [-0.05, 0) is 131 Å². The van der Waals surface area contributed by atoms with Crippen LogP contribution in [0.3, 0.4) is 0 Å². The molecule has 0 saturated heterocycles. The fraction of sp³-hybridized carbons (Fsp3) is 0.793. The summed E-state index contributed by atoms with van der Waals surface area (Å²) >= 11 is 0. The summed E-state index contributed by atoms with van der Waals surface area (Å²) in [5.74, 6) is 5.45. The van der Waals surface area contributed by atoms with E-state index in [4.69, 9.17) is 9.16 Å². The van der Waals surface area contributed by atoms with Gasteiger partial charge in [-0.1, -0.05) is 25.2 Å². The van der Waals surface area contributed by atoms with E-state index in [-0.39, 0.29) is 0 Å². The lowest BCUT2D eigenvalue weighted by Crippen LogP contribution is -2.46. The first kappa shape index (κ1) is 24.3. The molecule has 4 aliphatic carbocycles. The molecule has 0 heterocycles. The number of rotatable bonds is 9. The summed E-state index contributed by atoms with van der Waals surface area (Å²) in [4.78, 5) is 0. The molecule has 0 N–H and O–H groups in total. The topological polar surface area (TPSA) is 18.5 Å². The first-order valence-corrected chi connectivity index (χ1v) is 17.0. The monoisotopic (exact) mass is 457 g/mol. The van der Waals surface area contributed by atoms with Gasteiger partial charge >= 0.3 is 0 Å². The molecule has 4 aliphatic rings. The molecule has 3 heteroatoms. The number of hydrogen-bond acceptors (Lipinski definition) is 2. The molecule has 2 fully saturated rings. The molecule has 2 nitrogen and oxygen atoms in total. The van der Waals surface area contributed by atoms with Crippen LogP contribution in [0.4, 0.5) is 0 Å². The Morgan fingerprint density at radius 1 is 1.16 bits per heavy atom. The lowest BCUT2D eigenvalue weighted by molar-refractivity contribution is -0.0186. The molecule has 0 aromatic rings. The van der Waals surface area contributed by atoms with Gasteiger partial charge in [0, 0.05) is 13.0 Å². The second-order valence-corrected chi connectivity index (χ2v) is 16.6. The predicted molar refractivity (Wildman–Crippen MR) is 138 cm³/mol. The standard InChI is InChI=1S/C29H48O2Si/c1-7-29-18-17-25-24-14-12-23(30-8-2)20-22(24)11-13-26(25)28(29)16-15-27(29)21(3)10-9-19-31-32(4,5)6/h11,20,24-28H,3,7-10,12-19H2,1-2,4-6H3/t24-,25+,26+,27+,28-,29+/m0/s1/i31+1. The Balaban J connectivity index is 1.44. The third-order valence-corrected chi connectivity index (χ3v) is 10.5. The lowest BCUT2D eigenvalue weighted by atomic mass is 9.50. The van der Waals surface area contributed by atoms with Crippen LogP contribution in [0.5, 0.6) is 0 Å². The zero-order chi connectivity index (χ0) is 22.9. The Morgan fingerprint density at radius 3 is 2.69 bits per heavy atom. The summed E-state index contributed by atoms with van der Waals surface area (Å²) in [5, 5.41) is 0. The Kier molecular flexibility index (Phi) is 7.47. The molecule has 0 aliphatic heterocycles. The highest BCUT2D eigenvalue weighted by Crippen LogP contribution is 2.65. The molecule has 4 rings (SSSR count). The first-order valence-electron chi connectivity index (χ1n) is 13.6. The van der Waals surface area contributed by atoms with E-state index < -0.39 is 8.32 Å². The van der Waals surface area contributed by atoms with Crippen LogP contribution in [0.25, 0.3) is 0 Å². The van der Waals surface area contributed by atoms with E-state index in [1.807, 2.05) is 0 Å². The SMILES string of the molecule is C=C(CCC[17O][Si](C)(C)C)[C@H]1CC[C@H]2[C@@H]3CC=C4C=C(OCC)CC[C@@H]4[C@H]3CC[C@]12CC. The Hall–Kier alpha value is -0.803. The summed E-state index contributed by atoms with van der Waals surface area (Å²) in [6, 6.07) is 0. The fourth-order valence-electron chi connectivity index (χ4n) is 8.19. The largest absolute Gasteiger partial charge is 0.498 e. The zero-order valence-electron chi connectivity index (χ0n) is 21.6. The summed E-state index contributed by atoms with van der Waals surface area (Å²) in [6.07, 6.45) is 18.1. The van der Waals surface area contributed by atoms with E-state index in [0.29, 0.717) is 5.41 Å². The van der Waals surface area contributed by atoms with E-state index in [0.717, 1.165) is 62.1 Å². The second kappa shape index (κ2) is 9.82. The Bertz CT molecular complexity index is 745. The van der Waals surface area contributed by atoms with Gasteiger partial charge in [0.05, 0.1) is 12.4 Å². The quantitative estimate of drug-likeness (QED) is 0.197. The average Bonchev–Trinajstić information content (AvgIpc) is 3.16. The maximum atomic E-state index is 6.12. The first-order chi connectivity index (χ1) is 15.3. The highest BCUT2D eigenvalue weighted by atomic mass is 28.4. The molecule has 0 bridgehead atoms. The van der Waals surface area contributed by atoms with Gasteiger partial charge < -0.3 is 9.16 Å².